The first-order valence-electron chi connectivity index (χ1n) is 7.96. The molecule has 29 heavy (non-hydrogen) atoms. The minimum Gasteiger partial charge on any atom is -0.268 e. The summed E-state index contributed by atoms with van der Waals surface area (Å²) in [7, 11) is -6.83. The summed E-state index contributed by atoms with van der Waals surface area (Å²) in [6, 6.07) is 14.2. The molecule has 0 aromatic heterocycles. The molecule has 1 atom stereocenters. The lowest BCUT2D eigenvalue weighted by atomic mass is 10.2. The predicted molar refractivity (Wildman–Crippen MR) is 104 cm³/mol. The van der Waals surface area contributed by atoms with Gasteiger partial charge in [-0.3, -0.25) is 19.2 Å². The third-order valence-corrected chi connectivity index (χ3v) is 5.39. The highest BCUT2D eigenvalue weighted by Gasteiger charge is 2.41. The molecule has 0 radical (unpaired) electrons. The smallest absolute Gasteiger partial charge is 0.268 e. The van der Waals surface area contributed by atoms with Gasteiger partial charge in [-0.05, 0) is 24.3 Å². The van der Waals surface area contributed by atoms with Crippen LogP contribution in [0.3, 0.4) is 0 Å². The number of imide groups is 2. The van der Waals surface area contributed by atoms with Gasteiger partial charge < -0.3 is 0 Å². The van der Waals surface area contributed by atoms with Crippen LogP contribution in [0.2, 0.25) is 0 Å². The van der Waals surface area contributed by atoms with Gasteiger partial charge >= 0.3 is 11.8 Å². The molecule has 0 heterocycles. The van der Waals surface area contributed by atoms with Crippen molar-refractivity contribution in [3.05, 3.63) is 71.8 Å². The van der Waals surface area contributed by atoms with E-state index in [0.717, 1.165) is 6.26 Å². The molecule has 0 spiro atoms. The molecule has 152 valence electrons. The van der Waals surface area contributed by atoms with Crippen LogP contribution in [0.4, 0.5) is 0 Å². The summed E-state index contributed by atoms with van der Waals surface area (Å²) in [4.78, 5) is 50.4. The molecule has 11 heteroatoms. The molecule has 0 aliphatic carbocycles. The second kappa shape index (κ2) is 8.88. The normalized spacial score (nSPS) is 11.9. The number of amides is 4. The van der Waals surface area contributed by atoms with Gasteiger partial charge in [-0.2, -0.15) is 8.61 Å². The molecule has 0 bridgehead atoms. The Bertz CT molecular complexity index is 1080. The van der Waals surface area contributed by atoms with Crippen molar-refractivity contribution in [3.63, 3.8) is 0 Å². The molecule has 9 nitrogen and oxygen atoms in total. The highest BCUT2D eigenvalue weighted by molar-refractivity contribution is 7.89. The fourth-order valence-electron chi connectivity index (χ4n) is 2.29. The Labute approximate surface area is 169 Å². The van der Waals surface area contributed by atoms with Gasteiger partial charge in [0.2, 0.25) is 10.0 Å². The van der Waals surface area contributed by atoms with Gasteiger partial charge in [-0.25, -0.2) is 12.6 Å². The van der Waals surface area contributed by atoms with E-state index in [1.165, 1.54) is 48.5 Å². The quantitative estimate of drug-likeness (QED) is 0.642. The zero-order valence-electron chi connectivity index (χ0n) is 15.3. The predicted octanol–water partition coefficient (Wildman–Crippen LogP) is 0.577. The lowest BCUT2D eigenvalue weighted by Crippen LogP contribution is -2.51. The summed E-state index contributed by atoms with van der Waals surface area (Å²) in [5.74, 6) is -5.89. The van der Waals surface area contributed by atoms with Crippen LogP contribution < -0.4 is 0 Å². The molecule has 0 saturated heterocycles. The third-order valence-electron chi connectivity index (χ3n) is 3.55. The summed E-state index contributed by atoms with van der Waals surface area (Å²) in [5.41, 5.74) is -0.221. The number of nitrogens with zero attached hydrogens (tertiary/aromatic N) is 2. The Morgan fingerprint density at radius 2 is 1.17 bits per heavy atom. The standard InChI is InChI=1S/C18H16N2O7S2/c1-28(25)19(15(21)13-9-5-3-6-10-13)17(23)18(24)20(29(2,26)27)16(22)14-11-7-4-8-12-14/h3-12H,1-2H3. The highest BCUT2D eigenvalue weighted by atomic mass is 32.2. The Balaban J connectivity index is 2.46. The van der Waals surface area contributed by atoms with Crippen molar-refractivity contribution in [1.82, 2.24) is 8.61 Å². The van der Waals surface area contributed by atoms with Gasteiger partial charge in [0.25, 0.3) is 11.8 Å². The van der Waals surface area contributed by atoms with Gasteiger partial charge in [0.15, 0.2) is 0 Å². The van der Waals surface area contributed by atoms with E-state index < -0.39 is 44.6 Å². The first-order chi connectivity index (χ1) is 13.6. The maximum absolute atomic E-state index is 12.6. The van der Waals surface area contributed by atoms with E-state index >= 15 is 0 Å². The summed E-state index contributed by atoms with van der Waals surface area (Å²) >= 11 is 0. The van der Waals surface area contributed by atoms with E-state index in [1.54, 1.807) is 12.1 Å². The molecule has 2 aromatic carbocycles. The Morgan fingerprint density at radius 1 is 0.759 bits per heavy atom. The van der Waals surface area contributed by atoms with Crippen molar-refractivity contribution in [1.29, 1.82) is 0 Å². The number of hydrogen-bond acceptors (Lipinski definition) is 7. The van der Waals surface area contributed by atoms with Crippen LogP contribution >= 0.6 is 0 Å². The van der Waals surface area contributed by atoms with E-state index in [1.807, 2.05) is 0 Å². The van der Waals surface area contributed by atoms with Crippen LogP contribution in [0.15, 0.2) is 60.7 Å². The molecule has 2 aromatic rings. The van der Waals surface area contributed by atoms with Crippen LogP contribution in [0.5, 0.6) is 0 Å². The first-order valence-corrected chi connectivity index (χ1v) is 11.3. The zero-order chi connectivity index (χ0) is 21.8. The van der Waals surface area contributed by atoms with E-state index in [9.17, 15) is 31.8 Å². The lowest BCUT2D eigenvalue weighted by molar-refractivity contribution is -0.143. The summed E-state index contributed by atoms with van der Waals surface area (Å²) in [5, 5.41) is 0. The Hall–Kier alpha value is -3.18. The second-order valence-electron chi connectivity index (χ2n) is 5.70. The van der Waals surface area contributed by atoms with Crippen molar-refractivity contribution >= 4 is 44.6 Å². The molecule has 0 aliphatic heterocycles. The van der Waals surface area contributed by atoms with Crippen LogP contribution in [0.25, 0.3) is 0 Å². The maximum Gasteiger partial charge on any atom is 0.334 e. The Morgan fingerprint density at radius 3 is 1.55 bits per heavy atom. The molecule has 0 fully saturated rings. The van der Waals surface area contributed by atoms with E-state index in [-0.39, 0.29) is 19.7 Å². The van der Waals surface area contributed by atoms with Gasteiger partial charge in [0, 0.05) is 17.4 Å². The van der Waals surface area contributed by atoms with Crippen molar-refractivity contribution < 1.29 is 31.8 Å². The molecule has 0 aliphatic rings. The first kappa shape index (κ1) is 22.1. The molecular formula is C18H16N2O7S2. The lowest BCUT2D eigenvalue weighted by Gasteiger charge is -2.22. The van der Waals surface area contributed by atoms with Gasteiger partial charge in [0.1, 0.15) is 11.0 Å². The molecule has 0 saturated carbocycles. The van der Waals surface area contributed by atoms with Crippen molar-refractivity contribution in [3.8, 4) is 0 Å². The summed E-state index contributed by atoms with van der Waals surface area (Å²) in [6.45, 7) is 0. The Kier molecular flexibility index (Phi) is 6.77. The molecule has 0 N–H and O–H groups in total. The molecule has 2 rings (SSSR count). The third kappa shape index (κ3) is 5.00. The number of carbonyl (C=O) groups is 4. The summed E-state index contributed by atoms with van der Waals surface area (Å²) in [6.07, 6.45) is 1.53. The highest BCUT2D eigenvalue weighted by Crippen LogP contribution is 2.13. The van der Waals surface area contributed by atoms with E-state index in [2.05, 4.69) is 0 Å². The zero-order valence-corrected chi connectivity index (χ0v) is 17.0. The SMILES string of the molecule is CS(=O)N(C(=O)C(=O)N(C(=O)c1ccccc1)S(C)(=O)=O)C(=O)c1ccccc1. The molecule has 4 amide bonds. The van der Waals surface area contributed by atoms with E-state index in [4.69, 9.17) is 0 Å². The molecular weight excluding hydrogens is 420 g/mol. The minimum absolute atomic E-state index is 0.0517. The molecule has 1 unspecified atom stereocenters. The van der Waals surface area contributed by atoms with Crippen LogP contribution in [0.1, 0.15) is 20.7 Å². The van der Waals surface area contributed by atoms with Gasteiger partial charge in [-0.15, -0.1) is 0 Å². The van der Waals surface area contributed by atoms with Crippen LogP contribution in [-0.4, -0.2) is 57.4 Å². The average molecular weight is 436 g/mol. The monoisotopic (exact) mass is 436 g/mol. The average Bonchev–Trinajstić information content (AvgIpc) is 2.68. The fraction of sp³-hybridized carbons (Fsp3) is 0.111. The van der Waals surface area contributed by atoms with Crippen molar-refractivity contribution in [2.24, 2.45) is 0 Å². The van der Waals surface area contributed by atoms with Gasteiger partial charge in [0.05, 0.1) is 6.26 Å². The number of benzene rings is 2. The van der Waals surface area contributed by atoms with Gasteiger partial charge in [-0.1, -0.05) is 36.4 Å². The van der Waals surface area contributed by atoms with Crippen LogP contribution in [0, 0.1) is 0 Å². The second-order valence-corrected chi connectivity index (χ2v) is 8.74. The largest absolute Gasteiger partial charge is 0.334 e. The fourth-order valence-corrected chi connectivity index (χ4v) is 3.73. The minimum atomic E-state index is -4.53. The topological polar surface area (TPSA) is 126 Å². The number of carbonyl (C=O) groups excluding carboxylic acids is 4. The summed E-state index contributed by atoms with van der Waals surface area (Å²) < 4.78 is 36.0. The number of rotatable bonds is 4. The van der Waals surface area contributed by atoms with Crippen molar-refractivity contribution in [2.75, 3.05) is 12.5 Å². The number of sulfonamides is 1. The van der Waals surface area contributed by atoms with Crippen LogP contribution in [-0.2, 0) is 30.6 Å². The maximum atomic E-state index is 12.6. The number of hydrogen-bond donors (Lipinski definition) is 0. The van der Waals surface area contributed by atoms with Crippen molar-refractivity contribution in [2.45, 2.75) is 0 Å². The van der Waals surface area contributed by atoms with E-state index in [0.29, 0.717) is 6.26 Å².